The number of benzene rings is 3. The maximum absolute atomic E-state index is 12.0. The number of hydrogen-bond acceptors (Lipinski definition) is 4. The van der Waals surface area contributed by atoms with Crippen molar-refractivity contribution in [3.63, 3.8) is 0 Å². The quantitative estimate of drug-likeness (QED) is 0.239. The van der Waals surface area contributed by atoms with Gasteiger partial charge in [0.15, 0.2) is 5.75 Å². The third kappa shape index (κ3) is 3.70. The highest BCUT2D eigenvalue weighted by Gasteiger charge is 2.13. The Bertz CT molecular complexity index is 1040. The number of esters is 1. The zero-order valence-corrected chi connectivity index (χ0v) is 15.1. The Balaban J connectivity index is 2.10. The Morgan fingerprint density at radius 2 is 1.77 bits per heavy atom. The van der Waals surface area contributed by atoms with Gasteiger partial charge in [0.25, 0.3) is 0 Å². The highest BCUT2D eigenvalue weighted by atomic mass is 16.5. The van der Waals surface area contributed by atoms with Crippen LogP contribution in [0.25, 0.3) is 10.8 Å². The number of carbonyl (C=O) groups is 1. The summed E-state index contributed by atoms with van der Waals surface area (Å²) in [5.74, 6) is -0.117. The van der Waals surface area contributed by atoms with Crippen molar-refractivity contribution in [2.45, 2.75) is 20.8 Å². The lowest BCUT2D eigenvalue weighted by Crippen LogP contribution is -2.08. The zero-order chi connectivity index (χ0) is 18.7. The third-order valence-corrected chi connectivity index (χ3v) is 4.02. The summed E-state index contributed by atoms with van der Waals surface area (Å²) in [4.78, 5) is 12.0. The molecule has 0 aliphatic heterocycles. The summed E-state index contributed by atoms with van der Waals surface area (Å²) < 4.78 is 5.46. The Morgan fingerprint density at radius 3 is 2.50 bits per heavy atom. The second-order valence-corrected chi connectivity index (χ2v) is 6.29. The Labute approximate surface area is 152 Å². The fraction of sp³-hybridized carbons (Fsp3) is 0.136. The Kier molecular flexibility index (Phi) is 4.94. The van der Waals surface area contributed by atoms with Crippen LogP contribution in [0.5, 0.6) is 5.75 Å². The van der Waals surface area contributed by atoms with Crippen molar-refractivity contribution >= 4 is 28.1 Å². The van der Waals surface area contributed by atoms with Crippen LogP contribution in [-0.2, 0) is 4.79 Å². The fourth-order valence-corrected chi connectivity index (χ4v) is 2.63. The zero-order valence-electron chi connectivity index (χ0n) is 15.1. The number of aryl methyl sites for hydroxylation is 2. The van der Waals surface area contributed by atoms with E-state index in [1.165, 1.54) is 5.56 Å². The second kappa shape index (κ2) is 7.31. The molecule has 26 heavy (non-hydrogen) atoms. The van der Waals surface area contributed by atoms with Gasteiger partial charge in [0.1, 0.15) is 5.69 Å². The molecule has 0 radical (unpaired) electrons. The van der Waals surface area contributed by atoms with Crippen LogP contribution in [0.3, 0.4) is 0 Å². The molecule has 3 aromatic rings. The van der Waals surface area contributed by atoms with Gasteiger partial charge >= 0.3 is 5.97 Å². The fourth-order valence-electron chi connectivity index (χ4n) is 2.63. The molecule has 0 atom stereocenters. The van der Waals surface area contributed by atoms with E-state index in [0.717, 1.165) is 22.0 Å². The lowest BCUT2D eigenvalue weighted by molar-refractivity contribution is -0.130. The van der Waals surface area contributed by atoms with E-state index < -0.39 is 5.97 Å². The van der Waals surface area contributed by atoms with Gasteiger partial charge in [0.2, 0.25) is 0 Å². The molecule has 0 saturated carbocycles. The van der Waals surface area contributed by atoms with Gasteiger partial charge in [-0.1, -0.05) is 54.6 Å². The molecule has 0 aliphatic rings. The molecule has 0 amide bonds. The van der Waals surface area contributed by atoms with Crippen LogP contribution in [0.15, 0.2) is 77.0 Å². The van der Waals surface area contributed by atoms with Gasteiger partial charge in [-0.15, -0.1) is 5.11 Å². The highest BCUT2D eigenvalue weighted by Crippen LogP contribution is 2.37. The monoisotopic (exact) mass is 344 g/mol. The number of fused-ring (bicyclic) bond motifs is 1. The van der Waals surface area contributed by atoms with Crippen molar-refractivity contribution in [2.24, 2.45) is 10.2 Å². The Hall–Kier alpha value is -3.27. The number of azo groups is 1. The summed E-state index contributed by atoms with van der Waals surface area (Å²) in [5, 5.41) is 10.7. The van der Waals surface area contributed by atoms with Crippen molar-refractivity contribution in [3.05, 3.63) is 77.9 Å². The number of carbonyl (C=O) groups excluding carboxylic acids is 1. The first-order chi connectivity index (χ1) is 12.5. The summed E-state index contributed by atoms with van der Waals surface area (Å²) >= 11 is 0. The minimum absolute atomic E-state index is 0.329. The molecule has 0 N–H and O–H groups in total. The average Bonchev–Trinajstić information content (AvgIpc) is 2.61. The van der Waals surface area contributed by atoms with Crippen LogP contribution in [0.1, 0.15) is 18.1 Å². The maximum atomic E-state index is 12.0. The molecule has 0 spiro atoms. The molecule has 130 valence electrons. The van der Waals surface area contributed by atoms with Gasteiger partial charge in [0, 0.05) is 11.0 Å². The summed E-state index contributed by atoms with van der Waals surface area (Å²) in [5.41, 5.74) is 3.84. The van der Waals surface area contributed by atoms with E-state index in [2.05, 4.69) is 22.9 Å². The molecule has 0 aromatic heterocycles. The predicted octanol–water partition coefficient (Wildman–Crippen LogP) is 6.35. The molecule has 3 aromatic carbocycles. The Morgan fingerprint density at radius 1 is 1.00 bits per heavy atom. The summed E-state index contributed by atoms with van der Waals surface area (Å²) in [6.07, 6.45) is 0. The smallest absolute Gasteiger partial charge is 0.338 e. The van der Waals surface area contributed by atoms with Crippen LogP contribution in [0, 0.1) is 13.8 Å². The predicted molar refractivity (Wildman–Crippen MR) is 104 cm³/mol. The molecule has 0 aliphatic carbocycles. The van der Waals surface area contributed by atoms with Crippen LogP contribution >= 0.6 is 0 Å². The highest BCUT2D eigenvalue weighted by molar-refractivity contribution is 5.97. The number of rotatable bonds is 4. The molecular weight excluding hydrogens is 324 g/mol. The first kappa shape index (κ1) is 17.5. The lowest BCUT2D eigenvalue weighted by atomic mass is 10.1. The van der Waals surface area contributed by atoms with Crippen LogP contribution < -0.4 is 4.74 Å². The van der Waals surface area contributed by atoms with Crippen molar-refractivity contribution < 1.29 is 9.53 Å². The van der Waals surface area contributed by atoms with Crippen molar-refractivity contribution in [3.8, 4) is 5.75 Å². The van der Waals surface area contributed by atoms with E-state index in [1.807, 2.05) is 56.3 Å². The number of hydrogen-bond donors (Lipinski definition) is 0. The molecule has 0 bridgehead atoms. The topological polar surface area (TPSA) is 51.0 Å². The third-order valence-electron chi connectivity index (χ3n) is 4.02. The van der Waals surface area contributed by atoms with E-state index in [9.17, 15) is 4.79 Å². The van der Waals surface area contributed by atoms with Gasteiger partial charge in [-0.05, 0) is 43.9 Å². The van der Waals surface area contributed by atoms with E-state index in [4.69, 9.17) is 4.74 Å². The molecule has 0 saturated heterocycles. The lowest BCUT2D eigenvalue weighted by Gasteiger charge is -2.09. The molecule has 4 nitrogen and oxygen atoms in total. The average molecular weight is 344 g/mol. The van der Waals surface area contributed by atoms with Gasteiger partial charge in [-0.3, -0.25) is 0 Å². The van der Waals surface area contributed by atoms with Crippen molar-refractivity contribution in [1.29, 1.82) is 0 Å². The molecule has 0 fully saturated rings. The van der Waals surface area contributed by atoms with Crippen molar-refractivity contribution in [2.75, 3.05) is 0 Å². The van der Waals surface area contributed by atoms with E-state index >= 15 is 0 Å². The van der Waals surface area contributed by atoms with Gasteiger partial charge < -0.3 is 4.74 Å². The first-order valence-electron chi connectivity index (χ1n) is 8.34. The maximum Gasteiger partial charge on any atom is 0.338 e. The molecule has 3 rings (SSSR count). The van der Waals surface area contributed by atoms with Crippen LogP contribution in [0.4, 0.5) is 11.4 Å². The molecule has 0 unspecified atom stereocenters. The number of ether oxygens (including phenoxy) is 1. The minimum atomic E-state index is -0.483. The molecular formula is C22H20N2O2. The van der Waals surface area contributed by atoms with Gasteiger partial charge in [-0.25, -0.2) is 4.79 Å². The van der Waals surface area contributed by atoms with E-state index in [0.29, 0.717) is 17.0 Å². The van der Waals surface area contributed by atoms with Crippen molar-refractivity contribution in [1.82, 2.24) is 0 Å². The largest absolute Gasteiger partial charge is 0.421 e. The van der Waals surface area contributed by atoms with Crippen LogP contribution in [0.2, 0.25) is 0 Å². The minimum Gasteiger partial charge on any atom is -0.421 e. The molecule has 4 heteroatoms. The molecule has 0 heterocycles. The summed E-state index contributed by atoms with van der Waals surface area (Å²) in [6, 6.07) is 17.4. The number of nitrogens with zero attached hydrogens (tertiary/aromatic N) is 2. The van der Waals surface area contributed by atoms with Crippen LogP contribution in [-0.4, -0.2) is 5.97 Å². The first-order valence-corrected chi connectivity index (χ1v) is 8.34. The second-order valence-electron chi connectivity index (χ2n) is 6.29. The summed E-state index contributed by atoms with van der Waals surface area (Å²) in [6.45, 7) is 9.27. The van der Waals surface area contributed by atoms with E-state index in [1.54, 1.807) is 13.0 Å². The SMILES string of the molecule is C=C(C)C(=O)Oc1ccc2ccccc2c1N=Nc1ccc(C)cc1C. The normalized spacial score (nSPS) is 11.0. The van der Waals surface area contributed by atoms with Gasteiger partial charge in [0.05, 0.1) is 5.69 Å². The summed E-state index contributed by atoms with van der Waals surface area (Å²) in [7, 11) is 0. The standard InChI is InChI=1S/C22H20N2O2/c1-14(2)22(25)26-20-12-10-17-7-5-6-8-18(17)21(20)24-23-19-11-9-15(3)13-16(19)4/h5-13H,1H2,2-4H3. The van der Waals surface area contributed by atoms with E-state index in [-0.39, 0.29) is 0 Å². The van der Waals surface area contributed by atoms with Gasteiger partial charge in [-0.2, -0.15) is 5.11 Å².